The summed E-state index contributed by atoms with van der Waals surface area (Å²) in [5.74, 6) is 0. The standard InChI is InChI=1S/C9H12BrNO3/c1-14-9(13)11-5-2-3-6(11)8(10)7(12)4-5/h2-3,5-8,12H,4H2,1H3/t5-,6+,7-,8+/m1/s1. The van der Waals surface area contributed by atoms with E-state index in [4.69, 9.17) is 4.74 Å². The average molecular weight is 262 g/mol. The Balaban J connectivity index is 2.20. The van der Waals surface area contributed by atoms with Crippen molar-refractivity contribution in [2.24, 2.45) is 0 Å². The summed E-state index contributed by atoms with van der Waals surface area (Å²) in [4.78, 5) is 13.0. The van der Waals surface area contributed by atoms with E-state index in [-0.39, 0.29) is 23.0 Å². The maximum Gasteiger partial charge on any atom is 0.410 e. The molecule has 0 radical (unpaired) electrons. The van der Waals surface area contributed by atoms with E-state index in [1.807, 2.05) is 12.2 Å². The molecule has 4 atom stereocenters. The summed E-state index contributed by atoms with van der Waals surface area (Å²) in [6, 6.07) is -0.104. The zero-order chi connectivity index (χ0) is 10.3. The summed E-state index contributed by atoms with van der Waals surface area (Å²) in [7, 11) is 1.37. The second kappa shape index (κ2) is 3.55. The predicted molar refractivity (Wildman–Crippen MR) is 54.3 cm³/mol. The molecule has 4 nitrogen and oxygen atoms in total. The summed E-state index contributed by atoms with van der Waals surface area (Å²) >= 11 is 3.39. The minimum absolute atomic E-state index is 0.0174. The Morgan fingerprint density at radius 2 is 2.36 bits per heavy atom. The Hall–Kier alpha value is -0.550. The number of methoxy groups -OCH3 is 1. The van der Waals surface area contributed by atoms with E-state index in [2.05, 4.69) is 15.9 Å². The van der Waals surface area contributed by atoms with Crippen LogP contribution in [0, 0.1) is 0 Å². The van der Waals surface area contributed by atoms with Gasteiger partial charge < -0.3 is 9.84 Å². The maximum atomic E-state index is 11.4. The quantitative estimate of drug-likeness (QED) is 0.521. The Labute approximate surface area is 90.7 Å². The molecule has 0 aromatic carbocycles. The van der Waals surface area contributed by atoms with Gasteiger partial charge in [0.05, 0.1) is 30.1 Å². The van der Waals surface area contributed by atoms with E-state index in [0.717, 1.165) is 0 Å². The van der Waals surface area contributed by atoms with Gasteiger partial charge in [0.1, 0.15) is 0 Å². The number of fused-ring (bicyclic) bond motifs is 2. The molecule has 78 valence electrons. The highest BCUT2D eigenvalue weighted by Gasteiger charge is 2.45. The summed E-state index contributed by atoms with van der Waals surface area (Å²) in [5, 5.41) is 9.67. The van der Waals surface area contributed by atoms with Crippen molar-refractivity contribution in [2.75, 3.05) is 7.11 Å². The summed E-state index contributed by atoms with van der Waals surface area (Å²) in [6.07, 6.45) is 3.73. The molecular weight excluding hydrogens is 250 g/mol. The van der Waals surface area contributed by atoms with E-state index in [1.54, 1.807) is 4.90 Å². The highest BCUT2D eigenvalue weighted by molar-refractivity contribution is 9.09. The SMILES string of the molecule is COC(=O)N1[C@@H]2C=C[C@H]1[C@H](Br)[C@H](O)C2. The number of aliphatic hydroxyl groups is 1. The largest absolute Gasteiger partial charge is 0.453 e. The summed E-state index contributed by atoms with van der Waals surface area (Å²) in [5.41, 5.74) is 0. The molecule has 0 spiro atoms. The van der Waals surface area contributed by atoms with Crippen LogP contribution in [0.25, 0.3) is 0 Å². The van der Waals surface area contributed by atoms with E-state index >= 15 is 0 Å². The smallest absolute Gasteiger partial charge is 0.410 e. The van der Waals surface area contributed by atoms with Crippen molar-refractivity contribution in [1.82, 2.24) is 4.90 Å². The Morgan fingerprint density at radius 3 is 3.00 bits per heavy atom. The maximum absolute atomic E-state index is 11.4. The zero-order valence-corrected chi connectivity index (χ0v) is 9.35. The van der Waals surface area contributed by atoms with Crippen molar-refractivity contribution >= 4 is 22.0 Å². The molecular formula is C9H12BrNO3. The monoisotopic (exact) mass is 261 g/mol. The van der Waals surface area contributed by atoms with Crippen LogP contribution in [-0.2, 0) is 4.74 Å². The van der Waals surface area contributed by atoms with Gasteiger partial charge >= 0.3 is 6.09 Å². The highest BCUT2D eigenvalue weighted by Crippen LogP contribution is 2.34. The van der Waals surface area contributed by atoms with Crippen LogP contribution in [0.4, 0.5) is 4.79 Å². The van der Waals surface area contributed by atoms with Crippen LogP contribution in [-0.4, -0.2) is 46.2 Å². The molecule has 2 aliphatic heterocycles. The first kappa shape index (κ1) is 9.98. The Kier molecular flexibility index (Phi) is 2.53. The van der Waals surface area contributed by atoms with Gasteiger partial charge in [0.25, 0.3) is 0 Å². The molecule has 1 amide bonds. The van der Waals surface area contributed by atoms with Crippen molar-refractivity contribution in [3.8, 4) is 0 Å². The van der Waals surface area contributed by atoms with Gasteiger partial charge in [0.2, 0.25) is 0 Å². The number of carbonyl (C=O) groups excluding carboxylic acids is 1. The fourth-order valence-corrected chi connectivity index (χ4v) is 2.71. The molecule has 5 heteroatoms. The molecule has 0 aromatic rings. The lowest BCUT2D eigenvalue weighted by molar-refractivity contribution is 0.0449. The number of piperidine rings is 1. The Bertz CT molecular complexity index is 281. The van der Waals surface area contributed by atoms with Crippen LogP contribution in [0.2, 0.25) is 0 Å². The predicted octanol–water partition coefficient (Wildman–Crippen LogP) is 0.890. The third-order valence-electron chi connectivity index (χ3n) is 2.77. The van der Waals surface area contributed by atoms with Crippen LogP contribution >= 0.6 is 15.9 Å². The molecule has 1 N–H and O–H groups in total. The second-order valence-electron chi connectivity index (χ2n) is 3.57. The molecule has 14 heavy (non-hydrogen) atoms. The molecule has 1 fully saturated rings. The van der Waals surface area contributed by atoms with Gasteiger partial charge in [0, 0.05) is 0 Å². The number of hydrogen-bond donors (Lipinski definition) is 1. The highest BCUT2D eigenvalue weighted by atomic mass is 79.9. The van der Waals surface area contributed by atoms with Crippen LogP contribution in [0.5, 0.6) is 0 Å². The van der Waals surface area contributed by atoms with Gasteiger partial charge in [-0.05, 0) is 6.42 Å². The fourth-order valence-electron chi connectivity index (χ4n) is 2.07. The lowest BCUT2D eigenvalue weighted by Gasteiger charge is -2.39. The van der Waals surface area contributed by atoms with Crippen molar-refractivity contribution in [3.63, 3.8) is 0 Å². The molecule has 2 rings (SSSR count). The molecule has 2 heterocycles. The summed E-state index contributed by atoms with van der Waals surface area (Å²) < 4.78 is 4.70. The van der Waals surface area contributed by atoms with Crippen molar-refractivity contribution < 1.29 is 14.6 Å². The minimum atomic E-state index is -0.402. The number of ether oxygens (including phenoxy) is 1. The van der Waals surface area contributed by atoms with Crippen molar-refractivity contribution in [1.29, 1.82) is 0 Å². The van der Waals surface area contributed by atoms with Gasteiger partial charge in [0.15, 0.2) is 0 Å². The number of nitrogens with zero attached hydrogens (tertiary/aromatic N) is 1. The van der Waals surface area contributed by atoms with Gasteiger partial charge in [-0.1, -0.05) is 28.1 Å². The van der Waals surface area contributed by atoms with Gasteiger partial charge in [-0.2, -0.15) is 0 Å². The topological polar surface area (TPSA) is 49.8 Å². The number of aliphatic hydroxyl groups excluding tert-OH is 1. The van der Waals surface area contributed by atoms with Crippen LogP contribution in [0.1, 0.15) is 6.42 Å². The van der Waals surface area contributed by atoms with Crippen molar-refractivity contribution in [2.45, 2.75) is 29.4 Å². The zero-order valence-electron chi connectivity index (χ0n) is 7.76. The average Bonchev–Trinajstić information content (AvgIpc) is 2.52. The third-order valence-corrected chi connectivity index (χ3v) is 3.92. The van der Waals surface area contributed by atoms with Gasteiger partial charge in [-0.3, -0.25) is 4.90 Å². The lowest BCUT2D eigenvalue weighted by atomic mass is 9.99. The van der Waals surface area contributed by atoms with Crippen LogP contribution in [0.15, 0.2) is 12.2 Å². The first-order chi connectivity index (χ1) is 6.65. The normalized spacial score (nSPS) is 40.1. The number of hydrogen-bond acceptors (Lipinski definition) is 3. The first-order valence-corrected chi connectivity index (χ1v) is 5.43. The number of halogens is 1. The minimum Gasteiger partial charge on any atom is -0.453 e. The molecule has 0 aromatic heterocycles. The third kappa shape index (κ3) is 1.35. The second-order valence-corrected chi connectivity index (χ2v) is 4.62. The van der Waals surface area contributed by atoms with Gasteiger partial charge in [-0.15, -0.1) is 0 Å². The molecule has 2 bridgehead atoms. The number of amides is 1. The van der Waals surface area contributed by atoms with Crippen LogP contribution < -0.4 is 0 Å². The molecule has 1 saturated heterocycles. The number of carbonyl (C=O) groups is 1. The molecule has 0 aliphatic carbocycles. The van der Waals surface area contributed by atoms with E-state index < -0.39 is 6.10 Å². The van der Waals surface area contributed by atoms with E-state index in [1.165, 1.54) is 7.11 Å². The number of rotatable bonds is 0. The molecule has 2 aliphatic rings. The van der Waals surface area contributed by atoms with Gasteiger partial charge in [-0.25, -0.2) is 4.79 Å². The number of alkyl halides is 1. The lowest BCUT2D eigenvalue weighted by Crippen LogP contribution is -2.54. The molecule has 0 saturated carbocycles. The van der Waals surface area contributed by atoms with Crippen molar-refractivity contribution in [3.05, 3.63) is 12.2 Å². The molecule has 0 unspecified atom stereocenters. The van der Waals surface area contributed by atoms with E-state index in [9.17, 15) is 9.90 Å². The first-order valence-electron chi connectivity index (χ1n) is 4.52. The fraction of sp³-hybridized carbons (Fsp3) is 0.667. The Morgan fingerprint density at radius 1 is 1.64 bits per heavy atom. The van der Waals surface area contributed by atoms with Crippen LogP contribution in [0.3, 0.4) is 0 Å². The van der Waals surface area contributed by atoms with E-state index in [0.29, 0.717) is 6.42 Å². The summed E-state index contributed by atoms with van der Waals surface area (Å²) in [6.45, 7) is 0.